The topological polar surface area (TPSA) is 78.1 Å². The molecule has 0 N–H and O–H groups in total. The van der Waals surface area contributed by atoms with E-state index in [4.69, 9.17) is 9.84 Å². The third-order valence-corrected chi connectivity index (χ3v) is 7.11. The van der Waals surface area contributed by atoms with E-state index in [1.54, 1.807) is 36.1 Å². The number of halogens is 3. The second-order valence-corrected chi connectivity index (χ2v) is 9.20. The first kappa shape index (κ1) is 25.5. The maximum atomic E-state index is 14.3. The zero-order valence-electron chi connectivity index (χ0n) is 21.5. The van der Waals surface area contributed by atoms with Crippen molar-refractivity contribution in [3.05, 3.63) is 77.0 Å². The molecule has 2 aromatic carbocycles. The first-order valence-electron chi connectivity index (χ1n) is 12.4. The molecule has 198 valence electrons. The van der Waals surface area contributed by atoms with Gasteiger partial charge in [-0.1, -0.05) is 25.1 Å². The third-order valence-electron chi connectivity index (χ3n) is 7.11. The molecular weight excluding hydrogens is 497 g/mol. The van der Waals surface area contributed by atoms with E-state index < -0.39 is 23.5 Å². The maximum absolute atomic E-state index is 14.3. The van der Waals surface area contributed by atoms with Gasteiger partial charge >= 0.3 is 0 Å². The van der Waals surface area contributed by atoms with E-state index >= 15 is 0 Å². The van der Waals surface area contributed by atoms with Crippen LogP contribution in [0.5, 0.6) is 5.75 Å². The number of ether oxygens (including phenoxy) is 1. The molecule has 2 unspecified atom stereocenters. The van der Waals surface area contributed by atoms with E-state index in [1.165, 1.54) is 18.0 Å². The van der Waals surface area contributed by atoms with E-state index in [0.29, 0.717) is 47.7 Å². The number of hydrogen-bond donors (Lipinski definition) is 0. The molecule has 4 aromatic rings. The van der Waals surface area contributed by atoms with Crippen molar-refractivity contribution in [1.29, 1.82) is 0 Å². The van der Waals surface area contributed by atoms with Gasteiger partial charge in [-0.05, 0) is 43.5 Å². The molecule has 11 heteroatoms. The third kappa shape index (κ3) is 4.02. The van der Waals surface area contributed by atoms with Crippen LogP contribution in [0.2, 0.25) is 0 Å². The SMILES string of the molecule is CCC1Cc2c(nn(C)c2-c2cc(F)c(F)c(F)c2)C(CC)N1C(=O)c1cccc(OC)c1-n1ccnn1. The lowest BCUT2D eigenvalue weighted by atomic mass is 9.87. The number of nitrogens with zero attached hydrogens (tertiary/aromatic N) is 6. The van der Waals surface area contributed by atoms with Gasteiger partial charge in [0, 0.05) is 24.2 Å². The Hall–Kier alpha value is -4.15. The Balaban J connectivity index is 1.64. The molecule has 2 atom stereocenters. The van der Waals surface area contributed by atoms with Crippen LogP contribution in [0, 0.1) is 17.5 Å². The summed E-state index contributed by atoms with van der Waals surface area (Å²) in [4.78, 5) is 16.1. The number of carbonyl (C=O) groups is 1. The van der Waals surface area contributed by atoms with Crippen molar-refractivity contribution < 1.29 is 22.7 Å². The lowest BCUT2D eigenvalue weighted by molar-refractivity contribution is 0.0512. The lowest BCUT2D eigenvalue weighted by Crippen LogP contribution is -2.47. The average molecular weight is 525 g/mol. The molecule has 0 bridgehead atoms. The molecule has 0 fully saturated rings. The van der Waals surface area contributed by atoms with Gasteiger partial charge in [-0.25, -0.2) is 17.9 Å². The van der Waals surface area contributed by atoms with Gasteiger partial charge in [0.05, 0.1) is 42.5 Å². The number of amides is 1. The van der Waals surface area contributed by atoms with Crippen LogP contribution in [0.1, 0.15) is 54.3 Å². The molecule has 8 nitrogen and oxygen atoms in total. The number of benzene rings is 2. The van der Waals surface area contributed by atoms with Gasteiger partial charge in [-0.2, -0.15) is 5.10 Å². The van der Waals surface area contributed by atoms with Crippen molar-refractivity contribution in [2.24, 2.45) is 7.05 Å². The van der Waals surface area contributed by atoms with Gasteiger partial charge in [-0.15, -0.1) is 5.10 Å². The van der Waals surface area contributed by atoms with Crippen LogP contribution in [0.3, 0.4) is 0 Å². The van der Waals surface area contributed by atoms with Crippen LogP contribution in [0.4, 0.5) is 13.2 Å². The molecule has 38 heavy (non-hydrogen) atoms. The predicted molar refractivity (Wildman–Crippen MR) is 133 cm³/mol. The van der Waals surface area contributed by atoms with Crippen molar-refractivity contribution in [3.8, 4) is 22.7 Å². The number of aryl methyl sites for hydroxylation is 1. The van der Waals surface area contributed by atoms with Gasteiger partial charge in [0.15, 0.2) is 17.5 Å². The van der Waals surface area contributed by atoms with Crippen LogP contribution < -0.4 is 4.74 Å². The lowest BCUT2D eigenvalue weighted by Gasteiger charge is -2.41. The quantitative estimate of drug-likeness (QED) is 0.331. The molecule has 5 rings (SSSR count). The van der Waals surface area contributed by atoms with Gasteiger partial charge in [-0.3, -0.25) is 9.48 Å². The summed E-state index contributed by atoms with van der Waals surface area (Å²) in [6.45, 7) is 3.95. The number of methoxy groups -OCH3 is 1. The Labute approximate surface area is 217 Å². The fourth-order valence-corrected chi connectivity index (χ4v) is 5.43. The molecule has 0 aliphatic carbocycles. The predicted octanol–water partition coefficient (Wildman–Crippen LogP) is 5.02. The number of para-hydroxylation sites is 1. The summed E-state index contributed by atoms with van der Waals surface area (Å²) in [6, 6.07) is 6.56. The van der Waals surface area contributed by atoms with Crippen molar-refractivity contribution in [2.75, 3.05) is 7.11 Å². The highest BCUT2D eigenvalue weighted by atomic mass is 19.2. The first-order chi connectivity index (χ1) is 18.3. The van der Waals surface area contributed by atoms with Gasteiger partial charge in [0.25, 0.3) is 5.91 Å². The standard InChI is InChI=1S/C27H27F3N6O2/c1-5-16-14-18-24(32-34(3)25(18)15-12-19(28)23(30)20(29)13-15)21(6-2)36(16)27(37)17-8-7-9-22(38-4)26(17)35-11-10-31-33-35/h7-13,16,21H,5-6,14H2,1-4H3. The molecule has 0 spiro atoms. The van der Waals surface area contributed by atoms with Crippen LogP contribution in [-0.2, 0) is 13.5 Å². The van der Waals surface area contributed by atoms with Gasteiger partial charge in [0.1, 0.15) is 11.4 Å². The molecular formula is C27H27F3N6O2. The van der Waals surface area contributed by atoms with E-state index in [-0.39, 0.29) is 17.5 Å². The fraction of sp³-hybridized carbons (Fsp3) is 0.333. The number of hydrogen-bond acceptors (Lipinski definition) is 5. The Kier molecular flexibility index (Phi) is 6.68. The highest BCUT2D eigenvalue weighted by molar-refractivity contribution is 5.99. The molecule has 1 aliphatic heterocycles. The molecule has 1 amide bonds. The van der Waals surface area contributed by atoms with Crippen LogP contribution in [0.15, 0.2) is 42.7 Å². The zero-order valence-corrected chi connectivity index (χ0v) is 21.5. The molecule has 0 saturated carbocycles. The smallest absolute Gasteiger partial charge is 0.257 e. The average Bonchev–Trinajstić information content (AvgIpc) is 3.56. The zero-order chi connectivity index (χ0) is 27.1. The summed E-state index contributed by atoms with van der Waals surface area (Å²) in [5, 5.41) is 12.7. The minimum absolute atomic E-state index is 0.198. The van der Waals surface area contributed by atoms with Crippen LogP contribution >= 0.6 is 0 Å². The summed E-state index contributed by atoms with van der Waals surface area (Å²) < 4.78 is 50.5. The molecule has 2 aromatic heterocycles. The number of aromatic nitrogens is 5. The van der Waals surface area contributed by atoms with E-state index in [9.17, 15) is 18.0 Å². The van der Waals surface area contributed by atoms with Gasteiger partial charge in [0.2, 0.25) is 0 Å². The van der Waals surface area contributed by atoms with E-state index in [2.05, 4.69) is 10.3 Å². The largest absolute Gasteiger partial charge is 0.494 e. The van der Waals surface area contributed by atoms with Gasteiger partial charge < -0.3 is 9.64 Å². The van der Waals surface area contributed by atoms with E-state index in [0.717, 1.165) is 17.7 Å². The Bertz CT molecular complexity index is 1480. The molecule has 3 heterocycles. The summed E-state index contributed by atoms with van der Waals surface area (Å²) in [6.07, 6.45) is 4.77. The normalized spacial score (nSPS) is 17.0. The Morgan fingerprint density at radius 1 is 1.13 bits per heavy atom. The minimum atomic E-state index is -1.51. The Morgan fingerprint density at radius 3 is 2.47 bits per heavy atom. The first-order valence-corrected chi connectivity index (χ1v) is 12.4. The molecule has 0 radical (unpaired) electrons. The number of rotatable bonds is 6. The highest BCUT2D eigenvalue weighted by Crippen LogP contribution is 2.42. The summed E-state index contributed by atoms with van der Waals surface area (Å²) in [5.41, 5.74) is 3.03. The number of carbonyl (C=O) groups excluding carboxylic acids is 1. The van der Waals surface area contributed by atoms with E-state index in [1.807, 2.05) is 18.7 Å². The van der Waals surface area contributed by atoms with Crippen LogP contribution in [-0.4, -0.2) is 48.7 Å². The fourth-order valence-electron chi connectivity index (χ4n) is 5.43. The Morgan fingerprint density at radius 2 is 1.87 bits per heavy atom. The van der Waals surface area contributed by atoms with Crippen molar-refractivity contribution in [3.63, 3.8) is 0 Å². The second kappa shape index (κ2) is 9.96. The highest BCUT2D eigenvalue weighted by Gasteiger charge is 2.41. The second-order valence-electron chi connectivity index (χ2n) is 9.20. The minimum Gasteiger partial charge on any atom is -0.494 e. The number of fused-ring (bicyclic) bond motifs is 1. The summed E-state index contributed by atoms with van der Waals surface area (Å²) >= 11 is 0. The molecule has 0 saturated heterocycles. The molecule has 1 aliphatic rings. The van der Waals surface area contributed by atoms with Crippen molar-refractivity contribution >= 4 is 5.91 Å². The summed E-state index contributed by atoms with van der Waals surface area (Å²) in [5.74, 6) is -3.79. The summed E-state index contributed by atoms with van der Waals surface area (Å²) in [7, 11) is 3.20. The monoisotopic (exact) mass is 524 g/mol. The van der Waals surface area contributed by atoms with Crippen molar-refractivity contribution in [1.82, 2.24) is 29.7 Å². The van der Waals surface area contributed by atoms with Crippen LogP contribution in [0.25, 0.3) is 16.9 Å². The maximum Gasteiger partial charge on any atom is 0.257 e. The van der Waals surface area contributed by atoms with Crippen molar-refractivity contribution in [2.45, 2.75) is 45.2 Å².